The van der Waals surface area contributed by atoms with Crippen LogP contribution in [0, 0.1) is 5.82 Å². The molecule has 0 unspecified atom stereocenters. The molecule has 1 amide bonds. The number of hydrogen-bond donors (Lipinski definition) is 3. The SMILES string of the molecule is CS(=O)(=O)Oc1ccc(Nc2ncc(C(N)=O)c(NCc3ccc(F)cc3)n2)cc1. The summed E-state index contributed by atoms with van der Waals surface area (Å²) in [4.78, 5) is 20.0. The van der Waals surface area contributed by atoms with Crippen molar-refractivity contribution < 1.29 is 21.8 Å². The minimum absolute atomic E-state index is 0.0968. The summed E-state index contributed by atoms with van der Waals surface area (Å²) in [5.41, 5.74) is 6.82. The number of nitrogens with zero attached hydrogens (tertiary/aromatic N) is 2. The summed E-state index contributed by atoms with van der Waals surface area (Å²) in [6, 6.07) is 12.0. The van der Waals surface area contributed by atoms with Crippen molar-refractivity contribution in [3.05, 3.63) is 71.7 Å². The van der Waals surface area contributed by atoms with Crippen molar-refractivity contribution in [2.75, 3.05) is 16.9 Å². The van der Waals surface area contributed by atoms with Gasteiger partial charge in [-0.05, 0) is 42.0 Å². The van der Waals surface area contributed by atoms with E-state index < -0.39 is 16.0 Å². The molecule has 9 nitrogen and oxygen atoms in total. The normalized spacial score (nSPS) is 11.0. The number of aromatic nitrogens is 2. The van der Waals surface area contributed by atoms with Gasteiger partial charge in [-0.1, -0.05) is 12.1 Å². The standard InChI is InChI=1S/C19H18FN5O4S/c1-30(27,28)29-15-8-6-14(7-9-15)24-19-23-11-16(17(21)26)18(25-19)22-10-12-2-4-13(20)5-3-12/h2-9,11H,10H2,1H3,(H2,21,26)(H2,22,23,24,25). The third-order valence-corrected chi connectivity index (χ3v) is 4.28. The molecule has 0 atom stereocenters. The maximum atomic E-state index is 13.0. The molecule has 4 N–H and O–H groups in total. The van der Waals surface area contributed by atoms with Crippen molar-refractivity contribution >= 4 is 33.5 Å². The van der Waals surface area contributed by atoms with Gasteiger partial charge in [-0.2, -0.15) is 13.4 Å². The van der Waals surface area contributed by atoms with Gasteiger partial charge in [-0.25, -0.2) is 9.37 Å². The van der Waals surface area contributed by atoms with E-state index in [0.29, 0.717) is 5.69 Å². The van der Waals surface area contributed by atoms with E-state index in [9.17, 15) is 17.6 Å². The first-order valence-electron chi connectivity index (χ1n) is 8.61. The van der Waals surface area contributed by atoms with E-state index in [1.807, 2.05) is 0 Å². The lowest BCUT2D eigenvalue weighted by Crippen LogP contribution is -2.17. The Balaban J connectivity index is 1.76. The maximum absolute atomic E-state index is 13.0. The predicted octanol–water partition coefficient (Wildman–Crippen LogP) is 2.41. The Morgan fingerprint density at radius 1 is 1.13 bits per heavy atom. The van der Waals surface area contributed by atoms with Gasteiger partial charge in [0.1, 0.15) is 17.4 Å². The summed E-state index contributed by atoms with van der Waals surface area (Å²) in [7, 11) is -3.62. The molecule has 30 heavy (non-hydrogen) atoms. The number of hydrogen-bond acceptors (Lipinski definition) is 8. The number of primary amides is 1. The number of carbonyl (C=O) groups is 1. The van der Waals surface area contributed by atoms with E-state index in [-0.39, 0.29) is 35.4 Å². The summed E-state index contributed by atoms with van der Waals surface area (Å²) in [6.45, 7) is 0.286. The highest BCUT2D eigenvalue weighted by molar-refractivity contribution is 7.86. The molecule has 0 aliphatic rings. The van der Waals surface area contributed by atoms with Crippen molar-refractivity contribution in [3.8, 4) is 5.75 Å². The van der Waals surface area contributed by atoms with Gasteiger partial charge in [0.05, 0.1) is 11.8 Å². The molecule has 0 radical (unpaired) electrons. The predicted molar refractivity (Wildman–Crippen MR) is 109 cm³/mol. The molecule has 0 spiro atoms. The number of benzene rings is 2. The number of anilines is 3. The Bertz CT molecular complexity index is 1150. The van der Waals surface area contributed by atoms with Gasteiger partial charge in [0.2, 0.25) is 5.95 Å². The molecule has 1 heterocycles. The molecule has 11 heteroatoms. The molecule has 156 valence electrons. The Morgan fingerprint density at radius 3 is 2.40 bits per heavy atom. The highest BCUT2D eigenvalue weighted by atomic mass is 32.2. The first-order valence-corrected chi connectivity index (χ1v) is 10.4. The van der Waals surface area contributed by atoms with Crippen LogP contribution in [0.5, 0.6) is 5.75 Å². The zero-order valence-corrected chi connectivity index (χ0v) is 16.6. The lowest BCUT2D eigenvalue weighted by molar-refractivity contribution is 0.100. The van der Waals surface area contributed by atoms with Crippen molar-refractivity contribution in [2.45, 2.75) is 6.54 Å². The van der Waals surface area contributed by atoms with Gasteiger partial charge in [0, 0.05) is 18.4 Å². The topological polar surface area (TPSA) is 136 Å². The zero-order chi connectivity index (χ0) is 21.7. The monoisotopic (exact) mass is 431 g/mol. The number of rotatable bonds is 8. The quantitative estimate of drug-likeness (QED) is 0.463. The largest absolute Gasteiger partial charge is 0.383 e. The van der Waals surface area contributed by atoms with Crippen LogP contribution in [0.1, 0.15) is 15.9 Å². The van der Waals surface area contributed by atoms with E-state index >= 15 is 0 Å². The molecule has 0 saturated carbocycles. The Labute approximate surface area is 172 Å². The lowest BCUT2D eigenvalue weighted by atomic mass is 10.2. The van der Waals surface area contributed by atoms with E-state index in [0.717, 1.165) is 11.8 Å². The third kappa shape index (κ3) is 5.88. The third-order valence-electron chi connectivity index (χ3n) is 3.79. The number of nitrogens with two attached hydrogens (primary N) is 1. The molecule has 0 fully saturated rings. The Hall–Kier alpha value is -3.73. The highest BCUT2D eigenvalue weighted by Gasteiger charge is 2.13. The molecule has 2 aromatic carbocycles. The molecule has 0 aliphatic heterocycles. The smallest absolute Gasteiger partial charge is 0.306 e. The fraction of sp³-hybridized carbons (Fsp3) is 0.105. The molecular formula is C19H18FN5O4S. The average Bonchev–Trinajstić information content (AvgIpc) is 2.68. The van der Waals surface area contributed by atoms with Crippen LogP contribution in [0.4, 0.5) is 21.8 Å². The van der Waals surface area contributed by atoms with Crippen molar-refractivity contribution in [1.29, 1.82) is 0 Å². The summed E-state index contributed by atoms with van der Waals surface area (Å²) < 4.78 is 40.1. The highest BCUT2D eigenvalue weighted by Crippen LogP contribution is 2.21. The summed E-state index contributed by atoms with van der Waals surface area (Å²) in [5.74, 6) is -0.502. The molecule has 1 aromatic heterocycles. The lowest BCUT2D eigenvalue weighted by Gasteiger charge is -2.12. The number of carbonyl (C=O) groups excluding carboxylic acids is 1. The van der Waals surface area contributed by atoms with Crippen LogP contribution in [0.15, 0.2) is 54.7 Å². The second kappa shape index (κ2) is 8.74. The van der Waals surface area contributed by atoms with Crippen molar-refractivity contribution in [3.63, 3.8) is 0 Å². The molecular weight excluding hydrogens is 413 g/mol. The van der Waals surface area contributed by atoms with Crippen LogP contribution < -0.4 is 20.6 Å². The first kappa shape index (κ1) is 21.0. The van der Waals surface area contributed by atoms with Gasteiger partial charge in [0.25, 0.3) is 5.91 Å². The van der Waals surface area contributed by atoms with Gasteiger partial charge in [-0.3, -0.25) is 4.79 Å². The molecule has 3 aromatic rings. The molecule has 0 aliphatic carbocycles. The number of amides is 1. The minimum atomic E-state index is -3.62. The average molecular weight is 431 g/mol. The van der Waals surface area contributed by atoms with E-state index in [4.69, 9.17) is 9.92 Å². The molecule has 0 saturated heterocycles. The van der Waals surface area contributed by atoms with E-state index in [1.54, 1.807) is 24.3 Å². The molecule has 3 rings (SSSR count). The maximum Gasteiger partial charge on any atom is 0.306 e. The van der Waals surface area contributed by atoms with Crippen LogP contribution in [0.3, 0.4) is 0 Å². The number of nitrogens with one attached hydrogen (secondary N) is 2. The van der Waals surface area contributed by atoms with Crippen LogP contribution >= 0.6 is 0 Å². The van der Waals surface area contributed by atoms with Gasteiger partial charge >= 0.3 is 10.1 Å². The Morgan fingerprint density at radius 2 is 1.80 bits per heavy atom. The van der Waals surface area contributed by atoms with E-state index in [1.165, 1.54) is 30.5 Å². The summed E-state index contributed by atoms with van der Waals surface area (Å²) >= 11 is 0. The van der Waals surface area contributed by atoms with Gasteiger partial charge in [-0.15, -0.1) is 0 Å². The first-order chi connectivity index (χ1) is 14.2. The second-order valence-corrected chi connectivity index (χ2v) is 7.81. The van der Waals surface area contributed by atoms with Crippen molar-refractivity contribution in [1.82, 2.24) is 9.97 Å². The van der Waals surface area contributed by atoms with Crippen LogP contribution in [-0.2, 0) is 16.7 Å². The zero-order valence-electron chi connectivity index (χ0n) is 15.8. The Kier molecular flexibility index (Phi) is 6.11. The molecule has 0 bridgehead atoms. The van der Waals surface area contributed by atoms with Crippen LogP contribution in [0.25, 0.3) is 0 Å². The van der Waals surface area contributed by atoms with Gasteiger partial charge < -0.3 is 20.6 Å². The van der Waals surface area contributed by atoms with Crippen molar-refractivity contribution in [2.24, 2.45) is 5.73 Å². The second-order valence-electron chi connectivity index (χ2n) is 6.24. The van der Waals surface area contributed by atoms with Crippen LogP contribution in [-0.4, -0.2) is 30.5 Å². The minimum Gasteiger partial charge on any atom is -0.383 e. The fourth-order valence-electron chi connectivity index (χ4n) is 2.44. The summed E-state index contributed by atoms with van der Waals surface area (Å²) in [5, 5.41) is 5.93. The number of halogens is 1. The summed E-state index contributed by atoms with van der Waals surface area (Å²) in [6.07, 6.45) is 2.24. The van der Waals surface area contributed by atoms with E-state index in [2.05, 4.69) is 20.6 Å². The fourth-order valence-corrected chi connectivity index (χ4v) is 2.90. The van der Waals surface area contributed by atoms with Gasteiger partial charge in [0.15, 0.2) is 0 Å². The van der Waals surface area contributed by atoms with Crippen LogP contribution in [0.2, 0.25) is 0 Å².